The minimum Gasteiger partial charge on any atom is -0.386 e. The molecule has 0 bridgehead atoms. The second kappa shape index (κ2) is 8.95. The van der Waals surface area contributed by atoms with E-state index in [-0.39, 0.29) is 28.5 Å². The van der Waals surface area contributed by atoms with Crippen molar-refractivity contribution in [1.82, 2.24) is 4.90 Å². The molecule has 190 valence electrons. The van der Waals surface area contributed by atoms with Crippen LogP contribution in [0.4, 0.5) is 4.39 Å². The van der Waals surface area contributed by atoms with E-state index in [1.807, 2.05) is 6.08 Å². The Balaban J connectivity index is 1.72. The van der Waals surface area contributed by atoms with E-state index < -0.39 is 23.1 Å². The number of allylic oxidation sites excluding steroid dienone is 1. The largest absolute Gasteiger partial charge is 0.386 e. The van der Waals surface area contributed by atoms with Crippen molar-refractivity contribution in [1.29, 1.82) is 0 Å². The fourth-order valence-corrected chi connectivity index (χ4v) is 5.00. The molecule has 1 aliphatic carbocycles. The van der Waals surface area contributed by atoms with E-state index >= 15 is 4.39 Å². The molecule has 2 aromatic carbocycles. The molecule has 2 atom stereocenters. The van der Waals surface area contributed by atoms with Crippen LogP contribution in [0.25, 0.3) is 0 Å². The van der Waals surface area contributed by atoms with E-state index in [2.05, 4.69) is 11.9 Å². The Kier molecular flexibility index (Phi) is 6.31. The van der Waals surface area contributed by atoms with Gasteiger partial charge in [0.1, 0.15) is 5.82 Å². The molecule has 5 nitrogen and oxygen atoms in total. The van der Waals surface area contributed by atoms with Crippen LogP contribution in [0.15, 0.2) is 53.2 Å². The van der Waals surface area contributed by atoms with Gasteiger partial charge in [0.15, 0.2) is 5.72 Å². The number of ether oxygens (including phenoxy) is 1. The third-order valence-corrected chi connectivity index (χ3v) is 7.80. The standard InChI is InChI=1S/C28H29Cl2FN2O3/c1-26(2,35)18-12-22-24(23(31)13-18)28(36-16-27(3)10-11-27,17-4-6-19(29)7-5-17)33(25(22)34)15-21-9-8-20(30)14-32-21/h4-7,9,12-14,20,35H,8,10-11,15-16H2,1-3H3. The fraction of sp³-hybridized carbons (Fsp3) is 0.429. The minimum atomic E-state index is -1.53. The van der Waals surface area contributed by atoms with Crippen molar-refractivity contribution in [2.75, 3.05) is 13.2 Å². The van der Waals surface area contributed by atoms with Crippen LogP contribution in [0, 0.1) is 11.2 Å². The van der Waals surface area contributed by atoms with Gasteiger partial charge in [-0.25, -0.2) is 4.39 Å². The van der Waals surface area contributed by atoms with E-state index in [0.29, 0.717) is 34.9 Å². The fourth-order valence-electron chi connectivity index (χ4n) is 4.73. The van der Waals surface area contributed by atoms with Crippen LogP contribution < -0.4 is 0 Å². The highest BCUT2D eigenvalue weighted by Gasteiger charge is 2.56. The number of fused-ring (bicyclic) bond motifs is 1. The molecule has 1 amide bonds. The van der Waals surface area contributed by atoms with Gasteiger partial charge in [-0.15, -0.1) is 11.6 Å². The minimum absolute atomic E-state index is 0.0332. The second-order valence-corrected chi connectivity index (χ2v) is 11.8. The first-order valence-electron chi connectivity index (χ1n) is 12.1. The zero-order chi connectivity index (χ0) is 25.9. The molecule has 1 N–H and O–H groups in total. The summed E-state index contributed by atoms with van der Waals surface area (Å²) in [6, 6.07) is 9.81. The molecule has 0 saturated heterocycles. The number of hydrogen-bond donors (Lipinski definition) is 1. The lowest BCUT2D eigenvalue weighted by Crippen LogP contribution is -2.49. The van der Waals surface area contributed by atoms with E-state index in [1.165, 1.54) is 6.07 Å². The number of halogens is 3. The Hall–Kier alpha value is -2.25. The molecule has 0 spiro atoms. The zero-order valence-electron chi connectivity index (χ0n) is 20.5. The molecule has 2 aliphatic heterocycles. The SMILES string of the molecule is CC1(COC2(c3ccc(Cl)cc3)c3c(F)cc(C(C)(C)O)cc3C(=O)N2CC2=CCC(Cl)C=N2)CC1. The van der Waals surface area contributed by atoms with Gasteiger partial charge < -0.3 is 9.84 Å². The van der Waals surface area contributed by atoms with E-state index in [4.69, 9.17) is 27.9 Å². The Morgan fingerprint density at radius 2 is 1.94 bits per heavy atom. The summed E-state index contributed by atoms with van der Waals surface area (Å²) in [5.74, 6) is -1.01. The molecule has 0 radical (unpaired) electrons. The first-order chi connectivity index (χ1) is 16.9. The molecule has 0 aromatic heterocycles. The molecule has 1 saturated carbocycles. The summed E-state index contributed by atoms with van der Waals surface area (Å²) in [6.07, 6.45) is 6.11. The van der Waals surface area contributed by atoms with Crippen LogP contribution >= 0.6 is 23.2 Å². The Labute approximate surface area is 220 Å². The van der Waals surface area contributed by atoms with Crippen LogP contribution in [-0.2, 0) is 16.1 Å². The van der Waals surface area contributed by atoms with Crippen molar-refractivity contribution in [3.05, 3.63) is 81.3 Å². The number of benzene rings is 2. The molecule has 8 heteroatoms. The van der Waals surface area contributed by atoms with Gasteiger partial charge in [0, 0.05) is 16.8 Å². The maximum absolute atomic E-state index is 16.1. The third-order valence-electron chi connectivity index (χ3n) is 7.26. The van der Waals surface area contributed by atoms with E-state index in [0.717, 1.165) is 12.8 Å². The number of hydrogen-bond acceptors (Lipinski definition) is 4. The summed E-state index contributed by atoms with van der Waals surface area (Å²) in [5, 5.41) is 10.9. The molecule has 36 heavy (non-hydrogen) atoms. The molecule has 1 fully saturated rings. The number of carbonyl (C=O) groups is 1. The Bertz CT molecular complexity index is 1260. The molecular formula is C28H29Cl2FN2O3. The van der Waals surface area contributed by atoms with Crippen molar-refractivity contribution in [3.63, 3.8) is 0 Å². The highest BCUT2D eigenvalue weighted by molar-refractivity contribution is 6.30. The number of aliphatic hydroxyl groups is 1. The molecule has 3 aliphatic rings. The molecule has 2 aromatic rings. The molecule has 5 rings (SSSR count). The van der Waals surface area contributed by atoms with Crippen LogP contribution in [0.3, 0.4) is 0 Å². The summed E-state index contributed by atoms with van der Waals surface area (Å²) in [4.78, 5) is 20.0. The summed E-state index contributed by atoms with van der Waals surface area (Å²) in [7, 11) is 0. The third kappa shape index (κ3) is 4.49. The van der Waals surface area contributed by atoms with Crippen LogP contribution in [-0.4, -0.2) is 40.7 Å². The van der Waals surface area contributed by atoms with Crippen LogP contribution in [0.2, 0.25) is 5.02 Å². The maximum atomic E-state index is 16.1. The van der Waals surface area contributed by atoms with Gasteiger partial charge in [-0.3, -0.25) is 14.7 Å². The first-order valence-corrected chi connectivity index (χ1v) is 12.9. The predicted molar refractivity (Wildman–Crippen MR) is 139 cm³/mol. The van der Waals surface area contributed by atoms with Crippen molar-refractivity contribution < 1.29 is 19.0 Å². The number of rotatable bonds is 7. The average Bonchev–Trinajstić information content (AvgIpc) is 3.51. The topological polar surface area (TPSA) is 62.1 Å². The highest BCUT2D eigenvalue weighted by Crippen LogP contribution is 2.52. The number of nitrogens with zero attached hydrogens (tertiary/aromatic N) is 2. The summed E-state index contributed by atoms with van der Waals surface area (Å²) < 4.78 is 22.8. The number of aliphatic imine (C=N–C) groups is 1. The first kappa shape index (κ1) is 25.4. The number of alkyl halides is 1. The average molecular weight is 531 g/mol. The van der Waals surface area contributed by atoms with Gasteiger partial charge in [0.25, 0.3) is 5.91 Å². The number of amides is 1. The van der Waals surface area contributed by atoms with Crippen molar-refractivity contribution >= 4 is 35.3 Å². The van der Waals surface area contributed by atoms with Gasteiger partial charge in [0.2, 0.25) is 0 Å². The van der Waals surface area contributed by atoms with Crippen LogP contribution in [0.5, 0.6) is 0 Å². The van der Waals surface area contributed by atoms with Crippen molar-refractivity contribution in [2.24, 2.45) is 10.4 Å². The number of carbonyl (C=O) groups excluding carboxylic acids is 1. The summed E-state index contributed by atoms with van der Waals surface area (Å²) in [6.45, 7) is 5.69. The highest BCUT2D eigenvalue weighted by atomic mass is 35.5. The van der Waals surface area contributed by atoms with Gasteiger partial charge in [-0.1, -0.05) is 36.7 Å². The lowest BCUT2D eigenvalue weighted by atomic mass is 9.88. The van der Waals surface area contributed by atoms with Crippen molar-refractivity contribution in [2.45, 2.75) is 56.7 Å². The lowest BCUT2D eigenvalue weighted by molar-refractivity contribution is -0.119. The normalized spacial score (nSPS) is 24.6. The Morgan fingerprint density at radius 3 is 2.53 bits per heavy atom. The van der Waals surface area contributed by atoms with Crippen molar-refractivity contribution in [3.8, 4) is 0 Å². The van der Waals surface area contributed by atoms with E-state index in [9.17, 15) is 9.90 Å². The smallest absolute Gasteiger partial charge is 0.257 e. The molecule has 2 unspecified atom stereocenters. The molecular weight excluding hydrogens is 502 g/mol. The monoisotopic (exact) mass is 530 g/mol. The quantitative estimate of drug-likeness (QED) is 0.437. The summed E-state index contributed by atoms with van der Waals surface area (Å²) in [5.41, 5.74) is -1.03. The van der Waals surface area contributed by atoms with Gasteiger partial charge in [0.05, 0.1) is 41.0 Å². The Morgan fingerprint density at radius 1 is 1.25 bits per heavy atom. The van der Waals surface area contributed by atoms with Gasteiger partial charge >= 0.3 is 0 Å². The predicted octanol–water partition coefficient (Wildman–Crippen LogP) is 6.15. The second-order valence-electron chi connectivity index (χ2n) is 10.8. The van der Waals surface area contributed by atoms with Crippen LogP contribution in [0.1, 0.15) is 67.1 Å². The van der Waals surface area contributed by atoms with E-state index in [1.54, 1.807) is 55.3 Å². The van der Waals surface area contributed by atoms with Gasteiger partial charge in [-0.2, -0.15) is 0 Å². The summed E-state index contributed by atoms with van der Waals surface area (Å²) >= 11 is 12.4. The zero-order valence-corrected chi connectivity index (χ0v) is 22.0. The van der Waals surface area contributed by atoms with Gasteiger partial charge in [-0.05, 0) is 68.4 Å². The maximum Gasteiger partial charge on any atom is 0.257 e. The lowest BCUT2D eigenvalue weighted by Gasteiger charge is -2.40. The molecule has 2 heterocycles.